The molecule has 0 aromatic carbocycles. The van der Waals surface area contributed by atoms with Crippen LogP contribution in [-0.2, 0) is 0 Å². The van der Waals surface area contributed by atoms with Crippen LogP contribution in [-0.4, -0.2) is 48.3 Å². The summed E-state index contributed by atoms with van der Waals surface area (Å²) in [4.78, 5) is 12.4. The fourth-order valence-corrected chi connectivity index (χ4v) is 2.64. The van der Waals surface area contributed by atoms with Gasteiger partial charge in [-0.3, -0.25) is 0 Å². The zero-order valence-electron chi connectivity index (χ0n) is 11.8. The maximum absolute atomic E-state index is 4.58. The minimum absolute atomic E-state index is 0. The van der Waals surface area contributed by atoms with Gasteiger partial charge >= 0.3 is 0 Å². The van der Waals surface area contributed by atoms with E-state index < -0.39 is 0 Å². The third-order valence-electron chi connectivity index (χ3n) is 2.53. The van der Waals surface area contributed by atoms with Gasteiger partial charge in [-0.05, 0) is 37.9 Å². The summed E-state index contributed by atoms with van der Waals surface area (Å²) in [5.41, 5.74) is 0.988. The Hall–Kier alpha value is -0.630. The Labute approximate surface area is 138 Å². The predicted octanol–water partition coefficient (Wildman–Crippen LogP) is 3.48. The van der Waals surface area contributed by atoms with E-state index in [4.69, 9.17) is 0 Å². The minimum Gasteiger partial charge on any atom is -0.353 e. The van der Waals surface area contributed by atoms with Crippen molar-refractivity contribution in [2.75, 3.05) is 38.8 Å². The van der Waals surface area contributed by atoms with Crippen LogP contribution in [0.4, 0.5) is 5.95 Å². The van der Waals surface area contributed by atoms with Gasteiger partial charge in [-0.1, -0.05) is 6.07 Å². The summed E-state index contributed by atoms with van der Waals surface area (Å²) >= 11 is 3.33. The van der Waals surface area contributed by atoms with Crippen molar-refractivity contribution in [3.63, 3.8) is 0 Å². The smallest absolute Gasteiger partial charge is 0.224 e. The van der Waals surface area contributed by atoms with E-state index in [2.05, 4.69) is 45.7 Å². The molecule has 1 N–H and O–H groups in total. The number of hydrogen-bond acceptors (Lipinski definition) is 6. The molecule has 7 heteroatoms. The van der Waals surface area contributed by atoms with Gasteiger partial charge in [0.15, 0.2) is 0 Å². The minimum atomic E-state index is 0. The number of anilines is 1. The quantitative estimate of drug-likeness (QED) is 0.619. The number of aromatic nitrogens is 2. The largest absolute Gasteiger partial charge is 0.353 e. The molecule has 2 aromatic heterocycles. The lowest BCUT2D eigenvalue weighted by Crippen LogP contribution is -2.21. The van der Waals surface area contributed by atoms with Crippen LogP contribution < -0.4 is 5.32 Å². The van der Waals surface area contributed by atoms with Crippen molar-refractivity contribution < 1.29 is 0 Å². The lowest BCUT2D eigenvalue weighted by molar-refractivity contribution is 0.425. The van der Waals surface area contributed by atoms with Crippen LogP contribution >= 0.6 is 40.1 Å². The fourth-order valence-electron chi connectivity index (χ4n) is 1.55. The molecular formula is C13H19BrN4S2. The monoisotopic (exact) mass is 374 g/mol. The van der Waals surface area contributed by atoms with Crippen LogP contribution in [0.1, 0.15) is 0 Å². The first-order chi connectivity index (χ1) is 9.19. The van der Waals surface area contributed by atoms with E-state index in [1.54, 1.807) is 23.1 Å². The van der Waals surface area contributed by atoms with E-state index in [1.807, 2.05) is 18.4 Å². The first-order valence-corrected chi connectivity index (χ1v) is 8.15. The van der Waals surface area contributed by atoms with Gasteiger partial charge in [0.05, 0.1) is 10.6 Å². The molecule has 0 unspecified atom stereocenters. The Balaban J connectivity index is 0.00000200. The average molecular weight is 375 g/mol. The molecule has 0 amide bonds. The molecular weight excluding hydrogens is 356 g/mol. The number of halogens is 1. The molecule has 2 rings (SSSR count). The zero-order chi connectivity index (χ0) is 13.7. The van der Waals surface area contributed by atoms with Crippen LogP contribution in [0.15, 0.2) is 28.6 Å². The van der Waals surface area contributed by atoms with E-state index in [0.29, 0.717) is 5.95 Å². The van der Waals surface area contributed by atoms with E-state index in [9.17, 15) is 0 Å². The van der Waals surface area contributed by atoms with Gasteiger partial charge in [0.1, 0.15) is 5.03 Å². The van der Waals surface area contributed by atoms with Gasteiger partial charge in [0.2, 0.25) is 5.95 Å². The van der Waals surface area contributed by atoms with Crippen molar-refractivity contribution in [2.45, 2.75) is 5.03 Å². The Kier molecular flexibility index (Phi) is 7.50. The van der Waals surface area contributed by atoms with Crippen LogP contribution in [0.2, 0.25) is 0 Å². The van der Waals surface area contributed by atoms with Crippen molar-refractivity contribution in [1.29, 1.82) is 0 Å². The van der Waals surface area contributed by atoms with Crippen molar-refractivity contribution in [2.24, 2.45) is 0 Å². The maximum atomic E-state index is 4.58. The highest BCUT2D eigenvalue weighted by Gasteiger charge is 2.07. The number of nitrogens with one attached hydrogen (secondary N) is 1. The van der Waals surface area contributed by atoms with Crippen LogP contribution in [0, 0.1) is 0 Å². The molecule has 20 heavy (non-hydrogen) atoms. The fraction of sp³-hybridized carbons (Fsp3) is 0.385. The van der Waals surface area contributed by atoms with E-state index in [0.717, 1.165) is 23.8 Å². The maximum Gasteiger partial charge on any atom is 0.224 e. The molecule has 0 saturated carbocycles. The summed E-state index contributed by atoms with van der Waals surface area (Å²) in [5, 5.41) is 6.34. The molecule has 0 bridgehead atoms. The molecule has 0 aliphatic rings. The van der Waals surface area contributed by atoms with Crippen LogP contribution in [0.5, 0.6) is 0 Å². The molecule has 0 radical (unpaired) electrons. The first kappa shape index (κ1) is 17.4. The standard InChI is InChI=1S/C13H18N4S2.BrH/c1-17(2)7-6-14-13-15-10(9-12(16-13)18-3)11-5-4-8-19-11;/h4-5,8-9H,6-7H2,1-3H3,(H,14,15,16);1H. The number of thiophene rings is 1. The number of nitrogens with zero attached hydrogens (tertiary/aromatic N) is 3. The molecule has 2 aromatic rings. The molecule has 0 spiro atoms. The molecule has 0 fully saturated rings. The summed E-state index contributed by atoms with van der Waals surface area (Å²) in [6.45, 7) is 1.80. The lowest BCUT2D eigenvalue weighted by Gasteiger charge is -2.11. The van der Waals surface area contributed by atoms with Gasteiger partial charge < -0.3 is 10.2 Å². The normalized spacial score (nSPS) is 10.4. The van der Waals surface area contributed by atoms with E-state index in [1.165, 1.54) is 4.88 Å². The molecule has 4 nitrogen and oxygen atoms in total. The number of likely N-dealkylation sites (N-methyl/N-ethyl adjacent to an activating group) is 1. The third-order valence-corrected chi connectivity index (χ3v) is 4.05. The number of rotatable bonds is 6. The summed E-state index contributed by atoms with van der Waals surface area (Å²) in [5.74, 6) is 0.706. The van der Waals surface area contributed by atoms with Gasteiger partial charge in [-0.15, -0.1) is 40.1 Å². The molecule has 0 aliphatic carbocycles. The molecule has 0 saturated heterocycles. The average Bonchev–Trinajstić information content (AvgIpc) is 2.92. The van der Waals surface area contributed by atoms with Crippen molar-refractivity contribution >= 4 is 46.0 Å². The number of thioether (sulfide) groups is 1. The predicted molar refractivity (Wildman–Crippen MR) is 94.5 cm³/mol. The summed E-state index contributed by atoms with van der Waals surface area (Å²) in [7, 11) is 4.11. The van der Waals surface area contributed by atoms with Crippen molar-refractivity contribution in [3.8, 4) is 10.6 Å². The van der Waals surface area contributed by atoms with Crippen LogP contribution in [0.3, 0.4) is 0 Å². The first-order valence-electron chi connectivity index (χ1n) is 6.04. The molecule has 0 aliphatic heterocycles. The highest BCUT2D eigenvalue weighted by molar-refractivity contribution is 8.93. The summed E-state index contributed by atoms with van der Waals surface area (Å²) < 4.78 is 0. The second kappa shape index (κ2) is 8.61. The SMILES string of the molecule is Br.CSc1cc(-c2cccs2)nc(NCCN(C)C)n1. The van der Waals surface area contributed by atoms with Gasteiger partial charge in [0, 0.05) is 13.1 Å². The highest BCUT2D eigenvalue weighted by atomic mass is 79.9. The van der Waals surface area contributed by atoms with Gasteiger partial charge in [-0.2, -0.15) is 0 Å². The highest BCUT2D eigenvalue weighted by Crippen LogP contribution is 2.26. The molecule has 0 atom stereocenters. The Bertz CT molecular complexity index is 517. The lowest BCUT2D eigenvalue weighted by atomic mass is 10.3. The third kappa shape index (κ3) is 5.05. The second-order valence-electron chi connectivity index (χ2n) is 4.33. The Morgan fingerprint density at radius 3 is 2.75 bits per heavy atom. The van der Waals surface area contributed by atoms with Gasteiger partial charge in [0.25, 0.3) is 0 Å². The van der Waals surface area contributed by atoms with Crippen LogP contribution in [0.25, 0.3) is 10.6 Å². The molecule has 2 heterocycles. The van der Waals surface area contributed by atoms with Gasteiger partial charge in [-0.25, -0.2) is 9.97 Å². The Morgan fingerprint density at radius 1 is 1.35 bits per heavy atom. The number of hydrogen-bond donors (Lipinski definition) is 1. The second-order valence-corrected chi connectivity index (χ2v) is 6.10. The summed E-state index contributed by atoms with van der Waals surface area (Å²) in [6, 6.07) is 6.16. The van der Waals surface area contributed by atoms with Crippen molar-refractivity contribution in [3.05, 3.63) is 23.6 Å². The van der Waals surface area contributed by atoms with Crippen molar-refractivity contribution in [1.82, 2.24) is 14.9 Å². The van der Waals surface area contributed by atoms with E-state index in [-0.39, 0.29) is 17.0 Å². The summed E-state index contributed by atoms with van der Waals surface area (Å²) in [6.07, 6.45) is 2.03. The zero-order valence-corrected chi connectivity index (χ0v) is 15.1. The Morgan fingerprint density at radius 2 is 2.15 bits per heavy atom. The topological polar surface area (TPSA) is 41.1 Å². The van der Waals surface area contributed by atoms with E-state index >= 15 is 0 Å². The molecule has 110 valence electrons.